The largest absolute Gasteiger partial charge is 0.461 e. The third kappa shape index (κ3) is 1.24. The van der Waals surface area contributed by atoms with Crippen LogP contribution in [0.15, 0.2) is 0 Å². The van der Waals surface area contributed by atoms with E-state index in [0.717, 1.165) is 35.4 Å². The normalized spacial score (nSPS) is 33.1. The summed E-state index contributed by atoms with van der Waals surface area (Å²) in [5, 5.41) is 7.23. The van der Waals surface area contributed by atoms with E-state index in [1.165, 1.54) is 12.8 Å². The van der Waals surface area contributed by atoms with Crippen molar-refractivity contribution in [1.82, 2.24) is 10.2 Å². The lowest BCUT2D eigenvalue weighted by Crippen LogP contribution is -2.08. The highest BCUT2D eigenvalue weighted by Crippen LogP contribution is 2.68. The van der Waals surface area contributed by atoms with Crippen molar-refractivity contribution in [3.05, 3.63) is 17.0 Å². The Hall–Kier alpha value is -1.32. The van der Waals surface area contributed by atoms with Crippen LogP contribution in [0.1, 0.15) is 47.4 Å². The van der Waals surface area contributed by atoms with Crippen molar-refractivity contribution in [3.63, 3.8) is 0 Å². The number of carbonyl (C=O) groups excluding carboxylic acids is 1. The molecule has 1 aromatic rings. The van der Waals surface area contributed by atoms with Crippen LogP contribution in [-0.4, -0.2) is 22.8 Å². The van der Waals surface area contributed by atoms with Crippen molar-refractivity contribution < 1.29 is 9.53 Å². The summed E-state index contributed by atoms with van der Waals surface area (Å²) in [7, 11) is 0. The molecule has 2 saturated carbocycles. The summed E-state index contributed by atoms with van der Waals surface area (Å²) in [6.07, 6.45) is 3.84. The average molecular weight is 232 g/mol. The van der Waals surface area contributed by atoms with Gasteiger partial charge in [-0.15, -0.1) is 0 Å². The number of nitrogens with zero attached hydrogens (tertiary/aromatic N) is 1. The van der Waals surface area contributed by atoms with Gasteiger partial charge in [0.1, 0.15) is 5.69 Å². The minimum Gasteiger partial charge on any atom is -0.461 e. The third-order valence-corrected chi connectivity index (χ3v) is 4.53. The molecule has 1 N–H and O–H groups in total. The molecule has 0 saturated heterocycles. The molecule has 1 heterocycles. The Bertz CT molecular complexity index is 490. The first-order chi connectivity index (χ1) is 8.31. The first-order valence-corrected chi connectivity index (χ1v) is 6.55. The summed E-state index contributed by atoms with van der Waals surface area (Å²) in [6, 6.07) is 0. The number of ether oxygens (including phenoxy) is 1. The second-order valence-electron chi connectivity index (χ2n) is 5.49. The van der Waals surface area contributed by atoms with Gasteiger partial charge in [-0.05, 0) is 43.9 Å². The molecule has 3 aliphatic rings. The fraction of sp³-hybridized carbons (Fsp3) is 0.692. The van der Waals surface area contributed by atoms with Crippen molar-refractivity contribution in [1.29, 1.82) is 0 Å². The van der Waals surface area contributed by atoms with Crippen LogP contribution in [0.25, 0.3) is 0 Å². The van der Waals surface area contributed by atoms with Gasteiger partial charge in [-0.3, -0.25) is 5.10 Å². The first kappa shape index (κ1) is 9.68. The molecule has 0 aliphatic heterocycles. The maximum absolute atomic E-state index is 11.7. The van der Waals surface area contributed by atoms with Crippen molar-refractivity contribution in [2.45, 2.75) is 32.1 Å². The Morgan fingerprint density at radius 1 is 1.53 bits per heavy atom. The highest BCUT2D eigenvalue weighted by molar-refractivity contribution is 5.89. The molecule has 3 unspecified atom stereocenters. The van der Waals surface area contributed by atoms with Gasteiger partial charge in [0.15, 0.2) is 0 Å². The molecule has 0 radical (unpaired) electrons. The zero-order valence-corrected chi connectivity index (χ0v) is 9.90. The lowest BCUT2D eigenvalue weighted by atomic mass is 10.0. The number of fused-ring (bicyclic) bond motifs is 3. The second kappa shape index (κ2) is 3.12. The SMILES string of the molecule is CCOC(=O)c1[nH]nc2c1CC1C2C1C1CC1. The summed E-state index contributed by atoms with van der Waals surface area (Å²) in [5.74, 6) is 3.02. The number of aromatic nitrogens is 2. The second-order valence-corrected chi connectivity index (χ2v) is 5.49. The molecule has 0 spiro atoms. The maximum atomic E-state index is 11.7. The molecule has 4 rings (SSSR count). The van der Waals surface area contributed by atoms with Crippen molar-refractivity contribution in [2.24, 2.45) is 17.8 Å². The van der Waals surface area contributed by atoms with Crippen LogP contribution in [0.3, 0.4) is 0 Å². The molecule has 17 heavy (non-hydrogen) atoms. The maximum Gasteiger partial charge on any atom is 0.356 e. The quantitative estimate of drug-likeness (QED) is 0.809. The minimum atomic E-state index is -0.245. The van der Waals surface area contributed by atoms with Gasteiger partial charge in [0.2, 0.25) is 0 Å². The molecule has 0 aromatic carbocycles. The number of aromatic amines is 1. The molecule has 3 aliphatic carbocycles. The van der Waals surface area contributed by atoms with Gasteiger partial charge >= 0.3 is 5.97 Å². The summed E-state index contributed by atoms with van der Waals surface area (Å²) in [5.41, 5.74) is 2.90. The summed E-state index contributed by atoms with van der Waals surface area (Å²) in [6.45, 7) is 2.25. The van der Waals surface area contributed by atoms with Crippen molar-refractivity contribution in [3.8, 4) is 0 Å². The predicted octanol–water partition coefficient (Wildman–Crippen LogP) is 1.88. The number of nitrogens with one attached hydrogen (secondary N) is 1. The van der Waals surface area contributed by atoms with E-state index in [9.17, 15) is 4.79 Å². The molecule has 4 nitrogen and oxygen atoms in total. The van der Waals surface area contributed by atoms with E-state index in [1.54, 1.807) is 0 Å². The Morgan fingerprint density at radius 2 is 2.35 bits per heavy atom. The molecule has 0 bridgehead atoms. The van der Waals surface area contributed by atoms with Crippen LogP contribution in [-0.2, 0) is 11.2 Å². The molecule has 3 atom stereocenters. The van der Waals surface area contributed by atoms with Crippen molar-refractivity contribution in [2.75, 3.05) is 6.61 Å². The van der Waals surface area contributed by atoms with Crippen LogP contribution in [0, 0.1) is 17.8 Å². The number of carbonyl (C=O) groups is 1. The monoisotopic (exact) mass is 232 g/mol. The summed E-state index contributed by atoms with van der Waals surface area (Å²) >= 11 is 0. The standard InChI is InChI=1S/C13H16N2O2/c1-2-17-13(16)12-8-5-7-9(6-3-4-6)10(7)11(8)14-15-12/h6-7,9-10H,2-5H2,1H3,(H,14,15). The fourth-order valence-corrected chi connectivity index (χ4v) is 3.64. The summed E-state index contributed by atoms with van der Waals surface area (Å²) < 4.78 is 5.04. The lowest BCUT2D eigenvalue weighted by molar-refractivity contribution is 0.0518. The smallest absolute Gasteiger partial charge is 0.356 e. The van der Waals surface area contributed by atoms with Gasteiger partial charge < -0.3 is 4.74 Å². The van der Waals surface area contributed by atoms with Crippen LogP contribution in [0.2, 0.25) is 0 Å². The Morgan fingerprint density at radius 3 is 3.06 bits per heavy atom. The molecule has 0 amide bonds. The van der Waals surface area contributed by atoms with Gasteiger partial charge in [-0.25, -0.2) is 4.79 Å². The minimum absolute atomic E-state index is 0.245. The average Bonchev–Trinajstić information content (AvgIpc) is 3.16. The highest BCUT2D eigenvalue weighted by Gasteiger charge is 2.62. The third-order valence-electron chi connectivity index (χ3n) is 4.53. The molecular formula is C13H16N2O2. The zero-order valence-electron chi connectivity index (χ0n) is 9.90. The molecule has 90 valence electrons. The van der Waals surface area contributed by atoms with E-state index < -0.39 is 0 Å². The van der Waals surface area contributed by atoms with Gasteiger partial charge in [-0.2, -0.15) is 5.10 Å². The van der Waals surface area contributed by atoms with E-state index in [1.807, 2.05) is 6.92 Å². The van der Waals surface area contributed by atoms with Crippen molar-refractivity contribution >= 4 is 5.97 Å². The Kier molecular flexibility index (Phi) is 1.78. The van der Waals surface area contributed by atoms with Crippen LogP contribution < -0.4 is 0 Å². The number of esters is 1. The lowest BCUT2D eigenvalue weighted by Gasteiger charge is -2.03. The topological polar surface area (TPSA) is 55.0 Å². The zero-order chi connectivity index (χ0) is 11.6. The van der Waals surface area contributed by atoms with Gasteiger partial charge in [0.25, 0.3) is 0 Å². The van der Waals surface area contributed by atoms with Gasteiger partial charge in [0.05, 0.1) is 12.3 Å². The van der Waals surface area contributed by atoms with Crippen LogP contribution >= 0.6 is 0 Å². The number of H-pyrrole nitrogens is 1. The Balaban J connectivity index is 1.60. The molecular weight excluding hydrogens is 216 g/mol. The van der Waals surface area contributed by atoms with E-state index in [2.05, 4.69) is 10.2 Å². The van der Waals surface area contributed by atoms with E-state index in [0.29, 0.717) is 18.2 Å². The van der Waals surface area contributed by atoms with Gasteiger partial charge in [0, 0.05) is 11.5 Å². The first-order valence-electron chi connectivity index (χ1n) is 6.55. The van der Waals surface area contributed by atoms with Gasteiger partial charge in [-0.1, -0.05) is 0 Å². The van der Waals surface area contributed by atoms with Crippen LogP contribution in [0.5, 0.6) is 0 Å². The molecule has 1 aromatic heterocycles. The van der Waals surface area contributed by atoms with E-state index in [-0.39, 0.29) is 5.97 Å². The number of hydrogen-bond donors (Lipinski definition) is 1. The fourth-order valence-electron chi connectivity index (χ4n) is 3.64. The van der Waals surface area contributed by atoms with Crippen LogP contribution in [0.4, 0.5) is 0 Å². The van der Waals surface area contributed by atoms with E-state index >= 15 is 0 Å². The number of hydrogen-bond acceptors (Lipinski definition) is 3. The Labute approximate surface area is 99.7 Å². The molecule has 4 heteroatoms. The summed E-state index contributed by atoms with van der Waals surface area (Å²) in [4.78, 5) is 11.7. The predicted molar refractivity (Wildman–Crippen MR) is 60.7 cm³/mol. The molecule has 2 fully saturated rings. The highest BCUT2D eigenvalue weighted by atomic mass is 16.5. The number of rotatable bonds is 3. The van der Waals surface area contributed by atoms with E-state index in [4.69, 9.17) is 4.74 Å².